The number of rotatable bonds is 4. The van der Waals surface area contributed by atoms with E-state index >= 15 is 0 Å². The highest BCUT2D eigenvalue weighted by Gasteiger charge is 2.57. The molecule has 1 saturated carbocycles. The Morgan fingerprint density at radius 2 is 1.88 bits per heavy atom. The van der Waals surface area contributed by atoms with Crippen LogP contribution >= 0.6 is 0 Å². The highest BCUT2D eigenvalue weighted by Crippen LogP contribution is 2.47. The zero-order valence-electron chi connectivity index (χ0n) is 10.2. The summed E-state index contributed by atoms with van der Waals surface area (Å²) in [6, 6.07) is 0. The van der Waals surface area contributed by atoms with Crippen molar-refractivity contribution in [2.75, 3.05) is 19.6 Å². The number of piperidine rings is 1. The number of nitrogens with zero attached hydrogens (tertiary/aromatic N) is 1. The van der Waals surface area contributed by atoms with E-state index in [0.717, 1.165) is 25.9 Å². The maximum absolute atomic E-state index is 12.3. The Bertz CT molecular complexity index is 328. The quantitative estimate of drug-likeness (QED) is 0.586. The molecule has 2 fully saturated rings. The predicted molar refractivity (Wildman–Crippen MR) is 65.3 cm³/mol. The van der Waals surface area contributed by atoms with E-state index in [2.05, 4.69) is 11.9 Å². The standard InChI is InChI=1S/C13H20N2O2/c1-2-8-14-11(16)13(6-7-13)12(17)15-9-4-3-5-10-15/h2H,1,3-10H2,(H,14,16). The molecule has 1 aliphatic heterocycles. The van der Waals surface area contributed by atoms with Crippen LogP contribution in [0, 0.1) is 5.41 Å². The Morgan fingerprint density at radius 3 is 2.41 bits per heavy atom. The first kappa shape index (κ1) is 12.1. The molecule has 0 unspecified atom stereocenters. The minimum Gasteiger partial charge on any atom is -0.352 e. The molecule has 4 nitrogen and oxygen atoms in total. The SMILES string of the molecule is C=CCNC(=O)C1(C(=O)N2CCCCC2)CC1. The van der Waals surface area contributed by atoms with Crippen molar-refractivity contribution in [3.05, 3.63) is 12.7 Å². The zero-order chi connectivity index (χ0) is 12.3. The first-order chi connectivity index (χ1) is 8.20. The second kappa shape index (κ2) is 4.90. The lowest BCUT2D eigenvalue weighted by Crippen LogP contribution is -2.47. The van der Waals surface area contributed by atoms with Gasteiger partial charge in [0.25, 0.3) is 0 Å². The van der Waals surface area contributed by atoms with Crippen LogP contribution in [-0.2, 0) is 9.59 Å². The fourth-order valence-corrected chi connectivity index (χ4v) is 2.40. The van der Waals surface area contributed by atoms with Gasteiger partial charge in [-0.1, -0.05) is 6.08 Å². The summed E-state index contributed by atoms with van der Waals surface area (Å²) >= 11 is 0. The first-order valence-electron chi connectivity index (χ1n) is 6.39. The molecule has 94 valence electrons. The largest absolute Gasteiger partial charge is 0.352 e. The van der Waals surface area contributed by atoms with E-state index in [1.54, 1.807) is 6.08 Å². The smallest absolute Gasteiger partial charge is 0.238 e. The highest BCUT2D eigenvalue weighted by molar-refractivity contribution is 6.07. The summed E-state index contributed by atoms with van der Waals surface area (Å²) in [6.45, 7) is 5.63. The number of carbonyl (C=O) groups is 2. The van der Waals surface area contributed by atoms with E-state index in [4.69, 9.17) is 0 Å². The average molecular weight is 236 g/mol. The third-order valence-electron chi connectivity index (χ3n) is 3.64. The topological polar surface area (TPSA) is 49.4 Å². The molecule has 1 saturated heterocycles. The molecule has 1 heterocycles. The van der Waals surface area contributed by atoms with Crippen LogP contribution in [-0.4, -0.2) is 36.3 Å². The van der Waals surface area contributed by atoms with Gasteiger partial charge in [0.05, 0.1) is 0 Å². The lowest BCUT2D eigenvalue weighted by Gasteiger charge is -2.30. The number of amides is 2. The Balaban J connectivity index is 1.97. The summed E-state index contributed by atoms with van der Waals surface area (Å²) in [5.74, 6) is -0.0771. The summed E-state index contributed by atoms with van der Waals surface area (Å²) in [5.41, 5.74) is -0.736. The van der Waals surface area contributed by atoms with Crippen LogP contribution in [0.3, 0.4) is 0 Å². The highest BCUT2D eigenvalue weighted by atomic mass is 16.2. The molecule has 2 amide bonds. The van der Waals surface area contributed by atoms with Gasteiger partial charge in [-0.2, -0.15) is 0 Å². The Kier molecular flexibility index (Phi) is 3.50. The minimum absolute atomic E-state index is 0.0405. The van der Waals surface area contributed by atoms with Crippen molar-refractivity contribution >= 4 is 11.8 Å². The van der Waals surface area contributed by atoms with Crippen LogP contribution in [0.5, 0.6) is 0 Å². The molecule has 1 aliphatic carbocycles. The van der Waals surface area contributed by atoms with Gasteiger partial charge in [0.15, 0.2) is 0 Å². The number of carbonyl (C=O) groups excluding carboxylic acids is 2. The van der Waals surface area contributed by atoms with E-state index in [0.29, 0.717) is 19.4 Å². The molecule has 0 spiro atoms. The van der Waals surface area contributed by atoms with E-state index in [1.165, 1.54) is 6.42 Å². The lowest BCUT2D eigenvalue weighted by molar-refractivity contribution is -0.144. The van der Waals surface area contributed by atoms with Crippen LogP contribution in [0.4, 0.5) is 0 Å². The van der Waals surface area contributed by atoms with Gasteiger partial charge < -0.3 is 10.2 Å². The molecular weight excluding hydrogens is 216 g/mol. The van der Waals surface area contributed by atoms with E-state index in [9.17, 15) is 9.59 Å². The van der Waals surface area contributed by atoms with Crippen LogP contribution < -0.4 is 5.32 Å². The van der Waals surface area contributed by atoms with Crippen molar-refractivity contribution in [2.24, 2.45) is 5.41 Å². The molecule has 4 heteroatoms. The molecule has 0 aromatic carbocycles. The third kappa shape index (κ3) is 2.35. The number of nitrogens with one attached hydrogen (secondary N) is 1. The summed E-state index contributed by atoms with van der Waals surface area (Å²) in [4.78, 5) is 26.2. The first-order valence-corrected chi connectivity index (χ1v) is 6.39. The van der Waals surface area contributed by atoms with E-state index in [-0.39, 0.29) is 11.8 Å². The van der Waals surface area contributed by atoms with Gasteiger partial charge in [-0.15, -0.1) is 6.58 Å². The normalized spacial score (nSPS) is 21.8. The van der Waals surface area contributed by atoms with Crippen LogP contribution in [0.15, 0.2) is 12.7 Å². The van der Waals surface area contributed by atoms with Gasteiger partial charge in [0.2, 0.25) is 11.8 Å². The van der Waals surface area contributed by atoms with Crippen LogP contribution in [0.2, 0.25) is 0 Å². The summed E-state index contributed by atoms with van der Waals surface area (Å²) in [5, 5.41) is 2.75. The zero-order valence-corrected chi connectivity index (χ0v) is 10.2. The molecule has 1 N–H and O–H groups in total. The van der Waals surface area contributed by atoms with Crippen LogP contribution in [0.1, 0.15) is 32.1 Å². The second-order valence-corrected chi connectivity index (χ2v) is 4.93. The van der Waals surface area contributed by atoms with Crippen molar-refractivity contribution in [3.63, 3.8) is 0 Å². The monoisotopic (exact) mass is 236 g/mol. The molecule has 0 aromatic rings. The molecular formula is C13H20N2O2. The fraction of sp³-hybridized carbons (Fsp3) is 0.692. The van der Waals surface area contributed by atoms with Gasteiger partial charge in [0.1, 0.15) is 5.41 Å². The molecule has 0 radical (unpaired) electrons. The van der Waals surface area contributed by atoms with Gasteiger partial charge >= 0.3 is 0 Å². The van der Waals surface area contributed by atoms with Crippen LogP contribution in [0.25, 0.3) is 0 Å². The van der Waals surface area contributed by atoms with E-state index < -0.39 is 5.41 Å². The molecule has 0 aromatic heterocycles. The molecule has 17 heavy (non-hydrogen) atoms. The number of likely N-dealkylation sites (tertiary alicyclic amines) is 1. The van der Waals surface area contributed by atoms with Gasteiger partial charge in [-0.05, 0) is 32.1 Å². The third-order valence-corrected chi connectivity index (χ3v) is 3.64. The number of hydrogen-bond donors (Lipinski definition) is 1. The Labute approximate surface area is 102 Å². The van der Waals surface area contributed by atoms with Gasteiger partial charge in [-0.25, -0.2) is 0 Å². The van der Waals surface area contributed by atoms with Crippen molar-refractivity contribution < 1.29 is 9.59 Å². The van der Waals surface area contributed by atoms with Crippen molar-refractivity contribution in [1.82, 2.24) is 10.2 Å². The molecule has 2 aliphatic rings. The van der Waals surface area contributed by atoms with Gasteiger partial charge in [0, 0.05) is 19.6 Å². The van der Waals surface area contributed by atoms with Crippen molar-refractivity contribution in [1.29, 1.82) is 0 Å². The molecule has 0 atom stereocenters. The fourth-order valence-electron chi connectivity index (χ4n) is 2.40. The summed E-state index contributed by atoms with van der Waals surface area (Å²) in [7, 11) is 0. The maximum atomic E-state index is 12.3. The lowest BCUT2D eigenvalue weighted by atomic mass is 10.0. The van der Waals surface area contributed by atoms with E-state index in [1.807, 2.05) is 4.90 Å². The second-order valence-electron chi connectivity index (χ2n) is 4.93. The average Bonchev–Trinajstić information content (AvgIpc) is 3.17. The predicted octanol–water partition coefficient (Wildman–Crippen LogP) is 1.08. The van der Waals surface area contributed by atoms with Crippen molar-refractivity contribution in [3.8, 4) is 0 Å². The van der Waals surface area contributed by atoms with Gasteiger partial charge in [-0.3, -0.25) is 9.59 Å². The number of hydrogen-bond acceptors (Lipinski definition) is 2. The molecule has 0 bridgehead atoms. The maximum Gasteiger partial charge on any atom is 0.238 e. The molecule has 2 rings (SSSR count). The Hall–Kier alpha value is -1.32. The summed E-state index contributed by atoms with van der Waals surface area (Å²) in [6.07, 6.45) is 6.36. The minimum atomic E-state index is -0.736. The summed E-state index contributed by atoms with van der Waals surface area (Å²) < 4.78 is 0. The Morgan fingerprint density at radius 1 is 1.24 bits per heavy atom. The van der Waals surface area contributed by atoms with Crippen molar-refractivity contribution in [2.45, 2.75) is 32.1 Å².